The molecule has 0 heterocycles. The fourth-order valence-electron chi connectivity index (χ4n) is 3.23. The van der Waals surface area contributed by atoms with Gasteiger partial charge in [-0.2, -0.15) is 0 Å². The van der Waals surface area contributed by atoms with Crippen LogP contribution in [0.2, 0.25) is 0 Å². The number of nitrogens with one attached hydrogen (secondary N) is 1. The summed E-state index contributed by atoms with van der Waals surface area (Å²) < 4.78 is 11.0. The zero-order chi connectivity index (χ0) is 21.3. The van der Waals surface area contributed by atoms with Crippen LogP contribution in [0.1, 0.15) is 23.6 Å². The minimum absolute atomic E-state index is 0.601. The lowest BCUT2D eigenvalue weighted by molar-refractivity contribution is 0.342. The largest absolute Gasteiger partial charge is 0.497 e. The van der Waals surface area contributed by atoms with E-state index in [1.165, 1.54) is 11.1 Å². The molecule has 3 aromatic carbocycles. The molecule has 0 amide bonds. The maximum absolute atomic E-state index is 5.82. The Morgan fingerprint density at radius 3 is 2.37 bits per heavy atom. The molecule has 0 aromatic heterocycles. The molecule has 0 radical (unpaired) electrons. The minimum atomic E-state index is 0.601. The predicted molar refractivity (Wildman–Crippen MR) is 127 cm³/mol. The van der Waals surface area contributed by atoms with Crippen molar-refractivity contribution in [3.05, 3.63) is 89.5 Å². The lowest BCUT2D eigenvalue weighted by Gasteiger charge is -2.27. The first-order valence-corrected chi connectivity index (χ1v) is 10.5. The second-order valence-electron chi connectivity index (χ2n) is 7.05. The van der Waals surface area contributed by atoms with Crippen LogP contribution >= 0.6 is 12.2 Å². The van der Waals surface area contributed by atoms with Crippen LogP contribution < -0.4 is 14.8 Å². The van der Waals surface area contributed by atoms with E-state index in [0.717, 1.165) is 22.7 Å². The summed E-state index contributed by atoms with van der Waals surface area (Å²) in [5, 5.41) is 4.03. The lowest BCUT2D eigenvalue weighted by Crippen LogP contribution is -2.34. The van der Waals surface area contributed by atoms with Gasteiger partial charge in [0.15, 0.2) is 5.11 Å². The number of anilines is 1. The van der Waals surface area contributed by atoms with E-state index < -0.39 is 0 Å². The van der Waals surface area contributed by atoms with Crippen LogP contribution in [0, 0.1) is 6.92 Å². The minimum Gasteiger partial charge on any atom is -0.497 e. The molecule has 0 aliphatic heterocycles. The molecule has 0 spiro atoms. The average molecular weight is 421 g/mol. The monoisotopic (exact) mass is 420 g/mol. The standard InChI is InChI=1S/C25H28N2O2S/c1-4-29-24-11-6-5-10-23(24)26-25(30)27(18-21-9-7-8-19(2)16-21)17-20-12-14-22(28-3)15-13-20/h5-16H,4,17-18H2,1-3H3,(H,26,30). The van der Waals surface area contributed by atoms with Crippen molar-refractivity contribution in [3.8, 4) is 11.5 Å². The van der Waals surface area contributed by atoms with E-state index in [4.69, 9.17) is 21.7 Å². The van der Waals surface area contributed by atoms with E-state index in [0.29, 0.717) is 24.8 Å². The number of nitrogens with zero attached hydrogens (tertiary/aromatic N) is 1. The van der Waals surface area contributed by atoms with Crippen molar-refractivity contribution in [1.29, 1.82) is 0 Å². The molecular formula is C25H28N2O2S. The normalized spacial score (nSPS) is 10.4. The van der Waals surface area contributed by atoms with Crippen molar-refractivity contribution in [2.24, 2.45) is 0 Å². The maximum Gasteiger partial charge on any atom is 0.174 e. The number of aryl methyl sites for hydroxylation is 1. The first kappa shape index (κ1) is 21.7. The van der Waals surface area contributed by atoms with E-state index >= 15 is 0 Å². The number of methoxy groups -OCH3 is 1. The average Bonchev–Trinajstić information content (AvgIpc) is 2.75. The van der Waals surface area contributed by atoms with Gasteiger partial charge in [-0.15, -0.1) is 0 Å². The SMILES string of the molecule is CCOc1ccccc1NC(=S)N(Cc1ccc(OC)cc1)Cc1cccc(C)c1. The van der Waals surface area contributed by atoms with E-state index in [1.807, 2.05) is 43.3 Å². The summed E-state index contributed by atoms with van der Waals surface area (Å²) in [4.78, 5) is 2.16. The van der Waals surface area contributed by atoms with Gasteiger partial charge in [0, 0.05) is 13.1 Å². The maximum atomic E-state index is 5.82. The Morgan fingerprint density at radius 1 is 0.933 bits per heavy atom. The molecular weight excluding hydrogens is 392 g/mol. The molecule has 0 saturated heterocycles. The van der Waals surface area contributed by atoms with Crippen LogP contribution in [0.25, 0.3) is 0 Å². The Balaban J connectivity index is 1.82. The van der Waals surface area contributed by atoms with E-state index in [-0.39, 0.29) is 0 Å². The van der Waals surface area contributed by atoms with Crippen LogP contribution in [-0.4, -0.2) is 23.7 Å². The van der Waals surface area contributed by atoms with Gasteiger partial charge in [0.05, 0.1) is 19.4 Å². The number of para-hydroxylation sites is 2. The molecule has 0 saturated carbocycles. The third-order valence-corrected chi connectivity index (χ3v) is 5.06. The second-order valence-corrected chi connectivity index (χ2v) is 7.44. The first-order valence-electron chi connectivity index (χ1n) is 10.0. The number of thiocarbonyl (C=S) groups is 1. The summed E-state index contributed by atoms with van der Waals surface area (Å²) in [5.41, 5.74) is 4.47. The van der Waals surface area contributed by atoms with Gasteiger partial charge in [0.2, 0.25) is 0 Å². The zero-order valence-corrected chi connectivity index (χ0v) is 18.5. The van der Waals surface area contributed by atoms with Crippen molar-refractivity contribution < 1.29 is 9.47 Å². The Labute approximate surface area is 184 Å². The summed E-state index contributed by atoms with van der Waals surface area (Å²) >= 11 is 5.82. The van der Waals surface area contributed by atoms with Gasteiger partial charge in [-0.1, -0.05) is 54.1 Å². The number of benzene rings is 3. The third-order valence-electron chi connectivity index (χ3n) is 4.70. The highest BCUT2D eigenvalue weighted by Gasteiger charge is 2.14. The molecule has 0 aliphatic carbocycles. The van der Waals surface area contributed by atoms with Gasteiger partial charge in [0.25, 0.3) is 0 Å². The van der Waals surface area contributed by atoms with Gasteiger partial charge in [-0.05, 0) is 61.5 Å². The molecule has 0 bridgehead atoms. The highest BCUT2D eigenvalue weighted by atomic mass is 32.1. The summed E-state index contributed by atoms with van der Waals surface area (Å²) in [7, 11) is 1.67. The summed E-state index contributed by atoms with van der Waals surface area (Å²) in [5.74, 6) is 1.64. The molecule has 4 nitrogen and oxygen atoms in total. The van der Waals surface area contributed by atoms with Crippen LogP contribution in [-0.2, 0) is 13.1 Å². The Hall–Kier alpha value is -3.05. The van der Waals surface area contributed by atoms with Crippen molar-refractivity contribution in [3.63, 3.8) is 0 Å². The Morgan fingerprint density at radius 2 is 1.67 bits per heavy atom. The Kier molecular flexibility index (Phi) is 7.69. The quantitative estimate of drug-likeness (QED) is 0.466. The van der Waals surface area contributed by atoms with Gasteiger partial charge in [-0.25, -0.2) is 0 Å². The highest BCUT2D eigenvalue weighted by Crippen LogP contribution is 2.25. The molecule has 0 unspecified atom stereocenters. The van der Waals surface area contributed by atoms with Crippen LogP contribution in [0.3, 0.4) is 0 Å². The smallest absolute Gasteiger partial charge is 0.174 e. The van der Waals surface area contributed by atoms with E-state index in [1.54, 1.807) is 7.11 Å². The molecule has 3 rings (SSSR count). The second kappa shape index (κ2) is 10.6. The summed E-state index contributed by atoms with van der Waals surface area (Å²) in [6, 6.07) is 24.5. The topological polar surface area (TPSA) is 33.7 Å². The van der Waals surface area contributed by atoms with Gasteiger partial charge >= 0.3 is 0 Å². The van der Waals surface area contributed by atoms with Crippen LogP contribution in [0.4, 0.5) is 5.69 Å². The number of rotatable bonds is 8. The number of hydrogen-bond acceptors (Lipinski definition) is 3. The fourth-order valence-corrected chi connectivity index (χ4v) is 3.47. The van der Waals surface area contributed by atoms with E-state index in [9.17, 15) is 0 Å². The number of hydrogen-bond donors (Lipinski definition) is 1. The number of ether oxygens (including phenoxy) is 2. The molecule has 156 valence electrons. The van der Waals surface area contributed by atoms with Crippen molar-refractivity contribution in [2.45, 2.75) is 26.9 Å². The van der Waals surface area contributed by atoms with Crippen molar-refractivity contribution in [2.75, 3.05) is 19.0 Å². The molecule has 0 atom stereocenters. The third kappa shape index (κ3) is 5.97. The highest BCUT2D eigenvalue weighted by molar-refractivity contribution is 7.80. The zero-order valence-electron chi connectivity index (χ0n) is 17.7. The van der Waals surface area contributed by atoms with Gasteiger partial charge in [0.1, 0.15) is 11.5 Å². The molecule has 30 heavy (non-hydrogen) atoms. The molecule has 0 aliphatic rings. The predicted octanol–water partition coefficient (Wildman–Crippen LogP) is 5.80. The lowest BCUT2D eigenvalue weighted by atomic mass is 10.1. The van der Waals surface area contributed by atoms with Crippen LogP contribution in [0.15, 0.2) is 72.8 Å². The Bertz CT molecular complexity index is 973. The first-order chi connectivity index (χ1) is 14.6. The van der Waals surface area contributed by atoms with Crippen molar-refractivity contribution in [1.82, 2.24) is 4.90 Å². The van der Waals surface area contributed by atoms with Gasteiger partial charge in [-0.3, -0.25) is 0 Å². The van der Waals surface area contributed by atoms with Crippen molar-refractivity contribution >= 4 is 23.0 Å². The molecule has 0 fully saturated rings. The van der Waals surface area contributed by atoms with Gasteiger partial charge < -0.3 is 19.7 Å². The molecule has 3 aromatic rings. The van der Waals surface area contributed by atoms with Crippen LogP contribution in [0.5, 0.6) is 11.5 Å². The molecule has 1 N–H and O–H groups in total. The summed E-state index contributed by atoms with van der Waals surface area (Å²) in [6.07, 6.45) is 0. The molecule has 5 heteroatoms. The fraction of sp³-hybridized carbons (Fsp3) is 0.240. The summed E-state index contributed by atoms with van der Waals surface area (Å²) in [6.45, 7) is 6.07. The van der Waals surface area contributed by atoms with E-state index in [2.05, 4.69) is 53.5 Å².